The van der Waals surface area contributed by atoms with Gasteiger partial charge in [0.2, 0.25) is 5.91 Å². The van der Waals surface area contributed by atoms with Crippen LogP contribution in [-0.2, 0) is 11.8 Å². The molecule has 7 heteroatoms. The minimum absolute atomic E-state index is 0.239. The molecule has 2 N–H and O–H groups in total. The van der Waals surface area contributed by atoms with Crippen LogP contribution in [0.5, 0.6) is 0 Å². The molecular weight excluding hydrogens is 306 g/mol. The summed E-state index contributed by atoms with van der Waals surface area (Å²) in [5, 5.41) is 11.1. The minimum atomic E-state index is -0.406. The standard InChI is InChI=1S/C17H19N5O2/c1-21-14-10-12(11-4-7-18-8-5-11)2-3-13(14)16(20-21)22-9-6-15(23)19-17(22)24/h2-4,10,18H,5-9H2,1H3,(H,19,23,24). The van der Waals surface area contributed by atoms with Gasteiger partial charge in [-0.3, -0.25) is 19.7 Å². The van der Waals surface area contributed by atoms with Crippen LogP contribution in [0.2, 0.25) is 0 Å². The number of anilines is 1. The zero-order valence-electron chi connectivity index (χ0n) is 13.5. The van der Waals surface area contributed by atoms with Crippen molar-refractivity contribution >= 4 is 34.2 Å². The number of rotatable bonds is 2. The first-order valence-electron chi connectivity index (χ1n) is 8.12. The highest BCUT2D eigenvalue weighted by Gasteiger charge is 2.28. The van der Waals surface area contributed by atoms with Crippen molar-refractivity contribution < 1.29 is 9.59 Å². The molecule has 2 aromatic rings. The Morgan fingerprint density at radius 2 is 2.08 bits per heavy atom. The third kappa shape index (κ3) is 2.46. The molecule has 1 aromatic carbocycles. The van der Waals surface area contributed by atoms with E-state index in [0.29, 0.717) is 18.8 Å². The molecule has 24 heavy (non-hydrogen) atoms. The van der Waals surface area contributed by atoms with Crippen LogP contribution >= 0.6 is 0 Å². The van der Waals surface area contributed by atoms with Gasteiger partial charge in [-0.25, -0.2) is 4.79 Å². The van der Waals surface area contributed by atoms with Crippen molar-refractivity contribution in [2.75, 3.05) is 24.5 Å². The second-order valence-electron chi connectivity index (χ2n) is 6.12. The van der Waals surface area contributed by atoms with Crippen LogP contribution < -0.4 is 15.5 Å². The SMILES string of the molecule is Cn1nc(N2CCC(=O)NC2=O)c2ccc(C3=CCNCC3)cc21. The molecule has 0 unspecified atom stereocenters. The highest BCUT2D eigenvalue weighted by molar-refractivity contribution is 6.09. The fraction of sp³-hybridized carbons (Fsp3) is 0.353. The molecule has 3 heterocycles. The Kier molecular flexibility index (Phi) is 3.57. The first-order chi connectivity index (χ1) is 11.6. The van der Waals surface area contributed by atoms with Crippen LogP contribution in [-0.4, -0.2) is 41.4 Å². The maximum Gasteiger partial charge on any atom is 0.329 e. The van der Waals surface area contributed by atoms with Crippen molar-refractivity contribution in [2.24, 2.45) is 7.05 Å². The molecule has 0 saturated carbocycles. The van der Waals surface area contributed by atoms with E-state index in [4.69, 9.17) is 0 Å². The minimum Gasteiger partial charge on any atom is -0.313 e. The van der Waals surface area contributed by atoms with E-state index < -0.39 is 6.03 Å². The average molecular weight is 325 g/mol. The maximum atomic E-state index is 12.1. The topological polar surface area (TPSA) is 79.3 Å². The van der Waals surface area contributed by atoms with E-state index >= 15 is 0 Å². The van der Waals surface area contributed by atoms with Crippen molar-refractivity contribution in [3.05, 3.63) is 29.8 Å². The number of hydrogen-bond acceptors (Lipinski definition) is 4. The number of carbonyl (C=O) groups is 2. The predicted octanol–water partition coefficient (Wildman–Crippen LogP) is 1.40. The summed E-state index contributed by atoms with van der Waals surface area (Å²) in [4.78, 5) is 25.0. The molecule has 0 bridgehead atoms. The van der Waals surface area contributed by atoms with Crippen LogP contribution in [0.1, 0.15) is 18.4 Å². The van der Waals surface area contributed by atoms with Gasteiger partial charge in [-0.1, -0.05) is 12.1 Å². The van der Waals surface area contributed by atoms with Gasteiger partial charge in [-0.2, -0.15) is 5.10 Å². The number of hydrogen-bond donors (Lipinski definition) is 2. The number of nitrogens with one attached hydrogen (secondary N) is 2. The van der Waals surface area contributed by atoms with Crippen LogP contribution in [0, 0.1) is 0 Å². The van der Waals surface area contributed by atoms with E-state index in [-0.39, 0.29) is 5.91 Å². The molecule has 7 nitrogen and oxygen atoms in total. The smallest absolute Gasteiger partial charge is 0.313 e. The normalized spacial score (nSPS) is 18.7. The van der Waals surface area contributed by atoms with Crippen molar-refractivity contribution in [3.8, 4) is 0 Å². The number of carbonyl (C=O) groups excluding carboxylic acids is 2. The second-order valence-corrected chi connectivity index (χ2v) is 6.12. The number of nitrogens with zero attached hydrogens (tertiary/aromatic N) is 3. The lowest BCUT2D eigenvalue weighted by atomic mass is 9.99. The van der Waals surface area contributed by atoms with Gasteiger partial charge in [0.25, 0.3) is 0 Å². The summed E-state index contributed by atoms with van der Waals surface area (Å²) in [5.41, 5.74) is 3.50. The van der Waals surface area contributed by atoms with E-state index in [1.165, 1.54) is 16.0 Å². The maximum absolute atomic E-state index is 12.1. The molecule has 124 valence electrons. The van der Waals surface area contributed by atoms with Gasteiger partial charge in [0.1, 0.15) is 0 Å². The van der Waals surface area contributed by atoms with Crippen LogP contribution in [0.3, 0.4) is 0 Å². The number of aromatic nitrogens is 2. The van der Waals surface area contributed by atoms with Crippen LogP contribution in [0.25, 0.3) is 16.5 Å². The van der Waals surface area contributed by atoms with E-state index in [1.54, 1.807) is 4.68 Å². The van der Waals surface area contributed by atoms with Crippen molar-refractivity contribution in [3.63, 3.8) is 0 Å². The lowest BCUT2D eigenvalue weighted by molar-refractivity contribution is -0.120. The highest BCUT2D eigenvalue weighted by atomic mass is 16.2. The number of amides is 3. The van der Waals surface area contributed by atoms with Crippen LogP contribution in [0.4, 0.5) is 10.6 Å². The van der Waals surface area contributed by atoms with Gasteiger partial charge in [0.05, 0.1) is 5.52 Å². The van der Waals surface area contributed by atoms with Crippen molar-refractivity contribution in [1.29, 1.82) is 0 Å². The Balaban J connectivity index is 1.75. The number of imide groups is 1. The number of benzene rings is 1. The molecule has 2 aliphatic rings. The molecule has 1 saturated heterocycles. The molecule has 4 rings (SSSR count). The molecule has 3 amide bonds. The second kappa shape index (κ2) is 5.76. The zero-order chi connectivity index (χ0) is 16.7. The third-order valence-corrected chi connectivity index (χ3v) is 4.58. The fourth-order valence-electron chi connectivity index (χ4n) is 3.29. The Morgan fingerprint density at radius 3 is 2.83 bits per heavy atom. The van der Waals surface area contributed by atoms with Gasteiger partial charge in [-0.15, -0.1) is 0 Å². The fourth-order valence-corrected chi connectivity index (χ4v) is 3.29. The predicted molar refractivity (Wildman–Crippen MR) is 91.7 cm³/mol. The van der Waals surface area contributed by atoms with E-state index in [1.807, 2.05) is 13.1 Å². The van der Waals surface area contributed by atoms with Gasteiger partial charge < -0.3 is 5.32 Å². The summed E-state index contributed by atoms with van der Waals surface area (Å²) in [6.07, 6.45) is 3.51. The molecule has 0 aliphatic carbocycles. The van der Waals surface area contributed by atoms with Crippen molar-refractivity contribution in [1.82, 2.24) is 20.4 Å². The Bertz CT molecular complexity index is 867. The summed E-state index contributed by atoms with van der Waals surface area (Å²) in [7, 11) is 1.87. The van der Waals surface area contributed by atoms with E-state index in [2.05, 4.69) is 33.9 Å². The molecule has 0 spiro atoms. The monoisotopic (exact) mass is 325 g/mol. The summed E-state index contributed by atoms with van der Waals surface area (Å²) in [6.45, 7) is 2.24. The molecule has 0 radical (unpaired) electrons. The quantitative estimate of drug-likeness (QED) is 0.875. The molecule has 1 aromatic heterocycles. The molecule has 0 atom stereocenters. The Hall–Kier alpha value is -2.67. The Labute approximate surface area is 139 Å². The molecular formula is C17H19N5O2. The lowest BCUT2D eigenvalue weighted by Crippen LogP contribution is -2.49. The summed E-state index contributed by atoms with van der Waals surface area (Å²) >= 11 is 0. The van der Waals surface area contributed by atoms with Gasteiger partial charge in [0.15, 0.2) is 5.82 Å². The van der Waals surface area contributed by atoms with E-state index in [9.17, 15) is 9.59 Å². The summed E-state index contributed by atoms with van der Waals surface area (Å²) in [5.74, 6) is 0.361. The largest absolute Gasteiger partial charge is 0.329 e. The van der Waals surface area contributed by atoms with Gasteiger partial charge in [-0.05, 0) is 36.2 Å². The first kappa shape index (κ1) is 14.9. The average Bonchev–Trinajstić information content (AvgIpc) is 2.92. The number of fused-ring (bicyclic) bond motifs is 1. The van der Waals surface area contributed by atoms with Gasteiger partial charge in [0, 0.05) is 31.9 Å². The first-order valence-corrected chi connectivity index (χ1v) is 8.12. The van der Waals surface area contributed by atoms with Crippen LogP contribution in [0.15, 0.2) is 24.3 Å². The number of aryl methyl sites for hydroxylation is 1. The van der Waals surface area contributed by atoms with Gasteiger partial charge >= 0.3 is 6.03 Å². The summed E-state index contributed by atoms with van der Waals surface area (Å²) < 4.78 is 1.79. The third-order valence-electron chi connectivity index (χ3n) is 4.58. The molecule has 1 fully saturated rings. The highest BCUT2D eigenvalue weighted by Crippen LogP contribution is 2.30. The number of urea groups is 1. The Morgan fingerprint density at radius 1 is 1.21 bits per heavy atom. The molecule has 2 aliphatic heterocycles. The van der Waals surface area contributed by atoms with E-state index in [0.717, 1.165) is 30.4 Å². The van der Waals surface area contributed by atoms with Crippen molar-refractivity contribution in [2.45, 2.75) is 12.8 Å². The summed E-state index contributed by atoms with van der Waals surface area (Å²) in [6, 6.07) is 5.81. The zero-order valence-corrected chi connectivity index (χ0v) is 13.5. The lowest BCUT2D eigenvalue weighted by Gasteiger charge is -2.24.